The SMILES string of the molecule is CN1CCCCC1CC1(O)CCCC1. The molecule has 2 nitrogen and oxygen atoms in total. The third kappa shape index (κ3) is 2.29. The summed E-state index contributed by atoms with van der Waals surface area (Å²) in [6.07, 6.45) is 9.54. The zero-order chi connectivity index (χ0) is 10.0. The quantitative estimate of drug-likeness (QED) is 0.733. The third-order valence-corrected chi connectivity index (χ3v) is 4.07. The highest BCUT2D eigenvalue weighted by Crippen LogP contribution is 2.35. The Balaban J connectivity index is 1.88. The minimum atomic E-state index is -0.309. The Morgan fingerprint density at radius 2 is 1.93 bits per heavy atom. The molecule has 0 amide bonds. The van der Waals surface area contributed by atoms with Gasteiger partial charge in [-0.15, -0.1) is 0 Å². The fraction of sp³-hybridized carbons (Fsp3) is 1.00. The maximum atomic E-state index is 10.3. The Morgan fingerprint density at radius 1 is 1.21 bits per heavy atom. The van der Waals surface area contributed by atoms with E-state index in [9.17, 15) is 5.11 Å². The zero-order valence-corrected chi connectivity index (χ0v) is 9.34. The van der Waals surface area contributed by atoms with Gasteiger partial charge in [0.05, 0.1) is 5.60 Å². The molecule has 1 saturated heterocycles. The van der Waals surface area contributed by atoms with Crippen LogP contribution in [0.15, 0.2) is 0 Å². The normalized spacial score (nSPS) is 33.4. The molecule has 1 unspecified atom stereocenters. The smallest absolute Gasteiger partial charge is 0.0662 e. The summed E-state index contributed by atoms with van der Waals surface area (Å²) in [5.41, 5.74) is -0.309. The van der Waals surface area contributed by atoms with Crippen LogP contribution in [0.2, 0.25) is 0 Å². The minimum absolute atomic E-state index is 0.309. The van der Waals surface area contributed by atoms with Crippen LogP contribution in [0.1, 0.15) is 51.4 Å². The highest BCUT2D eigenvalue weighted by atomic mass is 16.3. The first-order valence-electron chi connectivity index (χ1n) is 6.12. The molecule has 1 atom stereocenters. The summed E-state index contributed by atoms with van der Waals surface area (Å²) >= 11 is 0. The molecule has 1 N–H and O–H groups in total. The Hall–Kier alpha value is -0.0800. The summed E-state index contributed by atoms with van der Waals surface area (Å²) in [7, 11) is 2.21. The number of piperidine rings is 1. The molecular weight excluding hydrogens is 174 g/mol. The number of nitrogens with zero attached hydrogens (tertiary/aromatic N) is 1. The van der Waals surface area contributed by atoms with E-state index < -0.39 is 0 Å². The van der Waals surface area contributed by atoms with Crippen LogP contribution >= 0.6 is 0 Å². The molecule has 0 aromatic carbocycles. The van der Waals surface area contributed by atoms with Crippen LogP contribution in [-0.2, 0) is 0 Å². The molecule has 2 heteroatoms. The van der Waals surface area contributed by atoms with E-state index in [2.05, 4.69) is 11.9 Å². The second-order valence-electron chi connectivity index (χ2n) is 5.27. The molecule has 1 saturated carbocycles. The van der Waals surface area contributed by atoms with Gasteiger partial charge >= 0.3 is 0 Å². The van der Waals surface area contributed by atoms with Crippen molar-refractivity contribution in [2.24, 2.45) is 0 Å². The van der Waals surface area contributed by atoms with Gasteiger partial charge in [0, 0.05) is 6.04 Å². The Labute approximate surface area is 87.3 Å². The van der Waals surface area contributed by atoms with E-state index in [1.165, 1.54) is 38.6 Å². The lowest BCUT2D eigenvalue weighted by atomic mass is 9.88. The predicted molar refractivity (Wildman–Crippen MR) is 58.3 cm³/mol. The molecule has 0 spiro atoms. The maximum absolute atomic E-state index is 10.3. The lowest BCUT2D eigenvalue weighted by molar-refractivity contribution is 0.00437. The summed E-state index contributed by atoms with van der Waals surface area (Å²) in [5, 5.41) is 10.3. The van der Waals surface area contributed by atoms with E-state index in [4.69, 9.17) is 0 Å². The van der Waals surface area contributed by atoms with Crippen molar-refractivity contribution in [1.29, 1.82) is 0 Å². The van der Waals surface area contributed by atoms with Crippen molar-refractivity contribution in [2.45, 2.75) is 63.0 Å². The predicted octanol–water partition coefficient (Wildman–Crippen LogP) is 2.17. The van der Waals surface area contributed by atoms with Gasteiger partial charge in [-0.1, -0.05) is 19.3 Å². The van der Waals surface area contributed by atoms with Gasteiger partial charge in [0.2, 0.25) is 0 Å². The highest BCUT2D eigenvalue weighted by molar-refractivity contribution is 4.90. The van der Waals surface area contributed by atoms with E-state index in [1.54, 1.807) is 0 Å². The molecular formula is C12H23NO. The van der Waals surface area contributed by atoms with E-state index in [1.807, 2.05) is 0 Å². The average molecular weight is 197 g/mol. The molecule has 14 heavy (non-hydrogen) atoms. The second-order valence-corrected chi connectivity index (χ2v) is 5.27. The van der Waals surface area contributed by atoms with E-state index >= 15 is 0 Å². The van der Waals surface area contributed by atoms with Gasteiger partial charge < -0.3 is 10.0 Å². The van der Waals surface area contributed by atoms with Gasteiger partial charge in [0.15, 0.2) is 0 Å². The summed E-state index contributed by atoms with van der Waals surface area (Å²) < 4.78 is 0. The summed E-state index contributed by atoms with van der Waals surface area (Å²) in [5.74, 6) is 0. The second kappa shape index (κ2) is 4.19. The van der Waals surface area contributed by atoms with Gasteiger partial charge in [0.1, 0.15) is 0 Å². The highest BCUT2D eigenvalue weighted by Gasteiger charge is 2.35. The van der Waals surface area contributed by atoms with E-state index in [0.717, 1.165) is 19.3 Å². The van der Waals surface area contributed by atoms with Crippen molar-refractivity contribution in [1.82, 2.24) is 4.90 Å². The first kappa shape index (κ1) is 10.4. The molecule has 2 rings (SSSR count). The summed E-state index contributed by atoms with van der Waals surface area (Å²) in [6.45, 7) is 1.22. The standard InChI is InChI=1S/C12H23NO/c1-13-9-5-2-6-11(13)10-12(14)7-3-4-8-12/h11,14H,2-10H2,1H3. The Kier molecular flexibility index (Phi) is 3.13. The maximum Gasteiger partial charge on any atom is 0.0662 e. The lowest BCUT2D eigenvalue weighted by Gasteiger charge is -2.37. The largest absolute Gasteiger partial charge is 0.390 e. The third-order valence-electron chi connectivity index (χ3n) is 4.07. The monoisotopic (exact) mass is 197 g/mol. The molecule has 0 radical (unpaired) electrons. The van der Waals surface area contributed by atoms with Crippen molar-refractivity contribution in [2.75, 3.05) is 13.6 Å². The zero-order valence-electron chi connectivity index (χ0n) is 9.34. The molecule has 1 aliphatic heterocycles. The number of rotatable bonds is 2. The fourth-order valence-corrected chi connectivity index (χ4v) is 3.08. The van der Waals surface area contributed by atoms with Crippen molar-refractivity contribution in [3.8, 4) is 0 Å². The number of hydrogen-bond acceptors (Lipinski definition) is 2. The fourth-order valence-electron chi connectivity index (χ4n) is 3.08. The van der Waals surface area contributed by atoms with Gasteiger partial charge in [-0.05, 0) is 45.7 Å². The van der Waals surface area contributed by atoms with Crippen molar-refractivity contribution in [3.63, 3.8) is 0 Å². The van der Waals surface area contributed by atoms with Crippen LogP contribution in [-0.4, -0.2) is 35.2 Å². The van der Waals surface area contributed by atoms with Gasteiger partial charge in [0.25, 0.3) is 0 Å². The lowest BCUT2D eigenvalue weighted by Crippen LogP contribution is -2.42. The molecule has 82 valence electrons. The van der Waals surface area contributed by atoms with Gasteiger partial charge in [-0.2, -0.15) is 0 Å². The van der Waals surface area contributed by atoms with Crippen LogP contribution < -0.4 is 0 Å². The van der Waals surface area contributed by atoms with E-state index in [0.29, 0.717) is 6.04 Å². The Bertz CT molecular complexity index is 187. The molecule has 0 aromatic rings. The minimum Gasteiger partial charge on any atom is -0.390 e. The average Bonchev–Trinajstić information content (AvgIpc) is 2.57. The Morgan fingerprint density at radius 3 is 2.57 bits per heavy atom. The van der Waals surface area contributed by atoms with Gasteiger partial charge in [-0.25, -0.2) is 0 Å². The molecule has 2 fully saturated rings. The van der Waals surface area contributed by atoms with E-state index in [-0.39, 0.29) is 5.60 Å². The van der Waals surface area contributed by atoms with Crippen LogP contribution in [0.25, 0.3) is 0 Å². The summed E-state index contributed by atoms with van der Waals surface area (Å²) in [4.78, 5) is 2.44. The molecule has 1 aliphatic carbocycles. The number of aliphatic hydroxyl groups is 1. The number of hydrogen-bond donors (Lipinski definition) is 1. The van der Waals surface area contributed by atoms with Crippen LogP contribution in [0.3, 0.4) is 0 Å². The molecule has 1 heterocycles. The van der Waals surface area contributed by atoms with Crippen LogP contribution in [0.4, 0.5) is 0 Å². The topological polar surface area (TPSA) is 23.5 Å². The first-order valence-corrected chi connectivity index (χ1v) is 6.12. The van der Waals surface area contributed by atoms with Crippen molar-refractivity contribution < 1.29 is 5.11 Å². The number of likely N-dealkylation sites (tertiary alicyclic amines) is 1. The van der Waals surface area contributed by atoms with Crippen LogP contribution in [0, 0.1) is 0 Å². The first-order chi connectivity index (χ1) is 6.70. The molecule has 2 aliphatic rings. The summed E-state index contributed by atoms with van der Waals surface area (Å²) in [6, 6.07) is 0.645. The molecule has 0 bridgehead atoms. The molecule has 0 aromatic heterocycles. The van der Waals surface area contributed by atoms with Crippen LogP contribution in [0.5, 0.6) is 0 Å². The van der Waals surface area contributed by atoms with Crippen molar-refractivity contribution in [3.05, 3.63) is 0 Å². The van der Waals surface area contributed by atoms with Gasteiger partial charge in [-0.3, -0.25) is 0 Å². The van der Waals surface area contributed by atoms with Crippen molar-refractivity contribution >= 4 is 0 Å².